The maximum atomic E-state index is 11.9. The van der Waals surface area contributed by atoms with Crippen LogP contribution >= 0.6 is 22.1 Å². The molecule has 1 heterocycles. The van der Waals surface area contributed by atoms with Crippen molar-refractivity contribution in [2.45, 2.75) is 18.6 Å². The van der Waals surface area contributed by atoms with E-state index in [0.29, 0.717) is 0 Å². The molecule has 3 nitrogen and oxygen atoms in total. The third-order valence-corrected chi connectivity index (χ3v) is 10.2. The van der Waals surface area contributed by atoms with Crippen molar-refractivity contribution in [3.8, 4) is 0 Å². The molecule has 0 aromatic heterocycles. The van der Waals surface area contributed by atoms with Crippen LogP contribution in [0.1, 0.15) is 12.5 Å². The molecule has 6 heteroatoms. The molecular weight excluding hydrogens is 477 g/mol. The number of esters is 1. The summed E-state index contributed by atoms with van der Waals surface area (Å²) in [6, 6.07) is 28.3. The Morgan fingerprint density at radius 1 is 0.933 bits per heavy atom. The van der Waals surface area contributed by atoms with Crippen LogP contribution in [0.3, 0.4) is 0 Å². The molecule has 0 saturated carbocycles. The largest absolute Gasteiger partial charge is 0.453 e. The number of hydrogen-bond acceptors (Lipinski definition) is 3. The third-order valence-electron chi connectivity index (χ3n) is 5.29. The Morgan fingerprint density at radius 2 is 1.47 bits per heavy atom. The van der Waals surface area contributed by atoms with Gasteiger partial charge in [0.05, 0.1) is 11.7 Å². The van der Waals surface area contributed by atoms with E-state index in [1.165, 1.54) is 6.08 Å². The Labute approximate surface area is 190 Å². The second-order valence-corrected chi connectivity index (χ2v) is 12.4. The molecule has 4 rings (SSSR count). The highest BCUT2D eigenvalue weighted by atomic mass is 79.9. The number of carbonyl (C=O) groups is 1. The van der Waals surface area contributed by atoms with Crippen LogP contribution in [0, 0.1) is 0 Å². The zero-order valence-corrected chi connectivity index (χ0v) is 19.7. The van der Waals surface area contributed by atoms with Crippen LogP contribution in [-0.4, -0.2) is 12.1 Å². The fourth-order valence-electron chi connectivity index (χ4n) is 3.65. The molecule has 152 valence electrons. The number of carbonyl (C=O) groups excluding carboxylic acids is 1. The van der Waals surface area contributed by atoms with E-state index in [1.54, 1.807) is 0 Å². The molecule has 3 aromatic rings. The summed E-state index contributed by atoms with van der Waals surface area (Å²) in [5.41, 5.74) is 0.279. The van der Waals surface area contributed by atoms with Gasteiger partial charge in [-0.1, -0.05) is 101 Å². The highest BCUT2D eigenvalue weighted by molar-refractivity contribution is 9.10. The van der Waals surface area contributed by atoms with Gasteiger partial charge in [-0.25, -0.2) is 4.79 Å². The second kappa shape index (κ2) is 8.60. The van der Waals surface area contributed by atoms with Crippen molar-refractivity contribution in [3.63, 3.8) is 0 Å². The van der Waals surface area contributed by atoms with Gasteiger partial charge in [-0.15, -0.1) is 0 Å². The lowest BCUT2D eigenvalue weighted by Crippen LogP contribution is -2.50. The summed E-state index contributed by atoms with van der Waals surface area (Å²) in [6.45, 7) is 2.05. The summed E-state index contributed by atoms with van der Waals surface area (Å²) >= 11 is 9.91. The van der Waals surface area contributed by atoms with Gasteiger partial charge in [0.1, 0.15) is 6.10 Å². The Balaban J connectivity index is 1.87. The lowest BCUT2D eigenvalue weighted by atomic mass is 9.87. The average Bonchev–Trinajstić information content (AvgIpc) is 3.22. The first-order chi connectivity index (χ1) is 14.4. The number of cyclic esters (lactones) is 1. The summed E-state index contributed by atoms with van der Waals surface area (Å²) < 4.78 is 6.66. The average molecular weight is 498 g/mol. The normalized spacial score (nSPS) is 18.1. The van der Waals surface area contributed by atoms with Crippen LogP contribution in [0.4, 0.5) is 0 Å². The van der Waals surface area contributed by atoms with E-state index in [0.717, 1.165) is 20.6 Å². The predicted molar refractivity (Wildman–Crippen MR) is 130 cm³/mol. The lowest BCUT2D eigenvalue weighted by Gasteiger charge is -2.40. The molecule has 0 unspecified atom stereocenters. The van der Waals surface area contributed by atoms with Gasteiger partial charge >= 0.3 is 5.97 Å². The smallest absolute Gasteiger partial charge is 0.331 e. The number of benzene rings is 3. The first-order valence-electron chi connectivity index (χ1n) is 9.57. The highest BCUT2D eigenvalue weighted by Gasteiger charge is 2.43. The SMILES string of the molecule is C[C@](NP(=S)(c1ccccc1)c1ccccc1)(c1ccc(Br)cc1)[C@H]1C=CC(=O)O1. The first-order valence-corrected chi connectivity index (χ1v) is 13.2. The van der Waals surface area contributed by atoms with E-state index in [1.807, 2.05) is 66.7 Å². The Bertz CT molecular complexity index is 1080. The number of hydrogen-bond donors (Lipinski definition) is 1. The number of nitrogens with one attached hydrogen (secondary N) is 1. The minimum atomic E-state index is -2.45. The molecular formula is C24H21BrNO2PS. The van der Waals surface area contributed by atoms with Crippen molar-refractivity contribution in [1.82, 2.24) is 5.09 Å². The summed E-state index contributed by atoms with van der Waals surface area (Å²) in [7, 11) is 0. The van der Waals surface area contributed by atoms with Crippen molar-refractivity contribution in [2.24, 2.45) is 0 Å². The van der Waals surface area contributed by atoms with E-state index in [4.69, 9.17) is 16.5 Å². The van der Waals surface area contributed by atoms with E-state index in [9.17, 15) is 4.79 Å². The zero-order chi connectivity index (χ0) is 21.2. The van der Waals surface area contributed by atoms with Gasteiger partial charge in [0, 0.05) is 21.2 Å². The van der Waals surface area contributed by atoms with Crippen LogP contribution < -0.4 is 15.7 Å². The van der Waals surface area contributed by atoms with Gasteiger partial charge in [0.2, 0.25) is 0 Å². The van der Waals surface area contributed by atoms with E-state index >= 15 is 0 Å². The van der Waals surface area contributed by atoms with Gasteiger partial charge in [-0.3, -0.25) is 5.09 Å². The van der Waals surface area contributed by atoms with Crippen molar-refractivity contribution >= 4 is 50.5 Å². The number of ether oxygens (including phenoxy) is 1. The van der Waals surface area contributed by atoms with Gasteiger partial charge in [-0.2, -0.15) is 0 Å². The van der Waals surface area contributed by atoms with Crippen molar-refractivity contribution in [2.75, 3.05) is 0 Å². The third kappa shape index (κ3) is 4.08. The fourth-order valence-corrected chi connectivity index (χ4v) is 7.86. The van der Waals surface area contributed by atoms with E-state index in [-0.39, 0.29) is 5.97 Å². The second-order valence-electron chi connectivity index (χ2n) is 7.32. The molecule has 0 fully saturated rings. The monoisotopic (exact) mass is 497 g/mol. The maximum Gasteiger partial charge on any atom is 0.331 e. The summed E-state index contributed by atoms with van der Waals surface area (Å²) in [5.74, 6) is -0.335. The molecule has 0 aliphatic carbocycles. The minimum absolute atomic E-state index is 0.335. The highest BCUT2D eigenvalue weighted by Crippen LogP contribution is 2.46. The van der Waals surface area contributed by atoms with Crippen LogP contribution in [0.2, 0.25) is 0 Å². The molecule has 2 atom stereocenters. The van der Waals surface area contributed by atoms with E-state index < -0.39 is 17.8 Å². The van der Waals surface area contributed by atoms with Gasteiger partial charge in [0.15, 0.2) is 0 Å². The minimum Gasteiger partial charge on any atom is -0.453 e. The van der Waals surface area contributed by atoms with Crippen molar-refractivity contribution in [1.29, 1.82) is 0 Å². The molecule has 1 aliphatic rings. The molecule has 0 radical (unpaired) electrons. The Morgan fingerprint density at radius 3 is 1.93 bits per heavy atom. The van der Waals surface area contributed by atoms with Crippen molar-refractivity contribution < 1.29 is 9.53 Å². The Hall–Kier alpha value is -2.04. The van der Waals surface area contributed by atoms with Crippen LogP contribution in [0.5, 0.6) is 0 Å². The van der Waals surface area contributed by atoms with Gasteiger partial charge in [0.25, 0.3) is 0 Å². The van der Waals surface area contributed by atoms with Gasteiger partial charge < -0.3 is 4.74 Å². The quantitative estimate of drug-likeness (QED) is 0.392. The number of rotatable bonds is 6. The topological polar surface area (TPSA) is 38.3 Å². The molecule has 3 aromatic carbocycles. The number of halogens is 1. The van der Waals surface area contributed by atoms with Crippen LogP contribution in [0.15, 0.2) is 102 Å². The molecule has 1 aliphatic heterocycles. The first kappa shape index (κ1) is 21.2. The van der Waals surface area contributed by atoms with E-state index in [2.05, 4.69) is 52.2 Å². The maximum absolute atomic E-state index is 11.9. The van der Waals surface area contributed by atoms with Crippen molar-refractivity contribution in [3.05, 3.63) is 107 Å². The predicted octanol–water partition coefficient (Wildman–Crippen LogP) is 4.78. The molecule has 1 N–H and O–H groups in total. The fraction of sp³-hybridized carbons (Fsp3) is 0.125. The summed E-state index contributed by atoms with van der Waals surface area (Å²) in [4.78, 5) is 11.9. The Kier molecular flexibility index (Phi) is 6.08. The molecule has 0 spiro atoms. The van der Waals surface area contributed by atoms with Crippen LogP contribution in [-0.2, 0) is 26.9 Å². The molecule has 0 saturated heterocycles. The standard InChI is InChI=1S/C24H21BrNO2PS/c1-24(22-16-17-23(27)28-22,18-12-14-19(25)15-13-18)26-29(30,20-8-4-2-5-9-20)21-10-6-3-7-11-21/h2-17,22H,1H3,(H,26,30)/t22-,24+/m1/s1. The molecule has 0 amide bonds. The molecule has 0 bridgehead atoms. The van der Waals surface area contributed by atoms with Crippen LogP contribution in [0.25, 0.3) is 0 Å². The summed E-state index contributed by atoms with van der Waals surface area (Å²) in [6.07, 6.45) is 0.377. The zero-order valence-electron chi connectivity index (χ0n) is 16.4. The molecule has 30 heavy (non-hydrogen) atoms. The lowest BCUT2D eigenvalue weighted by molar-refractivity contribution is -0.141. The van der Waals surface area contributed by atoms with Gasteiger partial charge in [-0.05, 0) is 30.7 Å². The summed E-state index contributed by atoms with van der Waals surface area (Å²) in [5, 5.41) is 5.94.